The zero-order valence-corrected chi connectivity index (χ0v) is 25.6. The molecular formula is C31H37F6N5O3. The van der Waals surface area contributed by atoms with Gasteiger partial charge in [-0.1, -0.05) is 6.92 Å². The molecule has 1 aromatic heterocycles. The Morgan fingerprint density at radius 1 is 1.00 bits per heavy atom. The number of ether oxygens (including phenoxy) is 2. The van der Waals surface area contributed by atoms with Crippen LogP contribution in [0.1, 0.15) is 63.6 Å². The molecule has 2 spiro atoms. The van der Waals surface area contributed by atoms with Gasteiger partial charge in [0, 0.05) is 43.2 Å². The van der Waals surface area contributed by atoms with Crippen LogP contribution in [0.2, 0.25) is 0 Å². The predicted molar refractivity (Wildman–Crippen MR) is 153 cm³/mol. The van der Waals surface area contributed by atoms with Crippen molar-refractivity contribution in [1.82, 2.24) is 14.9 Å². The molecule has 2 unspecified atom stereocenters. The lowest BCUT2D eigenvalue weighted by Gasteiger charge is -2.30. The maximum absolute atomic E-state index is 13.7. The van der Waals surface area contributed by atoms with Crippen LogP contribution in [-0.2, 0) is 28.4 Å². The number of halogens is 6. The Balaban J connectivity index is 1.34. The number of amides is 1. The molecule has 1 aromatic carbocycles. The molecule has 2 saturated carbocycles. The number of likely N-dealkylation sites (tertiary alicyclic amines) is 1. The first-order chi connectivity index (χ1) is 20.9. The number of rotatable bonds is 5. The monoisotopic (exact) mass is 641 g/mol. The van der Waals surface area contributed by atoms with E-state index in [9.17, 15) is 31.1 Å². The highest BCUT2D eigenvalue weighted by molar-refractivity contribution is 5.71. The number of benzene rings is 1. The van der Waals surface area contributed by atoms with E-state index in [1.54, 1.807) is 43.0 Å². The van der Waals surface area contributed by atoms with Crippen LogP contribution < -0.4 is 9.80 Å². The van der Waals surface area contributed by atoms with Gasteiger partial charge in [-0.15, -0.1) is 0 Å². The Kier molecular flexibility index (Phi) is 7.48. The maximum atomic E-state index is 13.7. The molecule has 8 nitrogen and oxygen atoms in total. The van der Waals surface area contributed by atoms with Gasteiger partial charge in [-0.2, -0.15) is 26.3 Å². The lowest BCUT2D eigenvalue weighted by molar-refractivity contribution is -0.143. The van der Waals surface area contributed by atoms with Crippen molar-refractivity contribution in [1.29, 1.82) is 0 Å². The quantitative estimate of drug-likeness (QED) is 0.344. The van der Waals surface area contributed by atoms with Crippen LogP contribution >= 0.6 is 0 Å². The lowest BCUT2D eigenvalue weighted by Crippen LogP contribution is -2.42. The molecule has 3 heterocycles. The van der Waals surface area contributed by atoms with Crippen LogP contribution in [0.3, 0.4) is 0 Å². The number of alkyl halides is 6. The number of aromatic nitrogens is 2. The molecule has 0 N–H and O–H groups in total. The molecule has 4 fully saturated rings. The SMILES string of the molecule is C[C@H]1C[C@@]12CC1(CC1N(Cc1cc(C(F)(F)F)cc(C(F)(F)F)c1)c1ncc(N3CCOCC3)cn1)CN2C(=O)OC(C)(C)C. The summed E-state index contributed by atoms with van der Waals surface area (Å²) < 4.78 is 93.5. The third-order valence-corrected chi connectivity index (χ3v) is 9.48. The van der Waals surface area contributed by atoms with E-state index in [0.29, 0.717) is 45.7 Å². The van der Waals surface area contributed by atoms with Crippen LogP contribution in [0, 0.1) is 11.3 Å². The Morgan fingerprint density at radius 3 is 2.09 bits per heavy atom. The van der Waals surface area contributed by atoms with E-state index >= 15 is 0 Å². The van der Waals surface area contributed by atoms with E-state index in [2.05, 4.69) is 16.9 Å². The maximum Gasteiger partial charge on any atom is 0.416 e. The van der Waals surface area contributed by atoms with Crippen molar-refractivity contribution in [3.8, 4) is 0 Å². The zero-order valence-electron chi connectivity index (χ0n) is 25.6. The molecule has 2 aliphatic carbocycles. The first-order valence-corrected chi connectivity index (χ1v) is 15.1. The molecule has 2 aromatic rings. The van der Waals surface area contributed by atoms with Crippen LogP contribution in [0.5, 0.6) is 0 Å². The van der Waals surface area contributed by atoms with Gasteiger partial charge in [0.25, 0.3) is 0 Å². The van der Waals surface area contributed by atoms with Crippen molar-refractivity contribution in [2.24, 2.45) is 11.3 Å². The minimum atomic E-state index is -4.97. The van der Waals surface area contributed by atoms with Crippen molar-refractivity contribution in [2.45, 2.75) is 83.0 Å². The topological polar surface area (TPSA) is 71.0 Å². The number of carbonyl (C=O) groups excluding carboxylic acids is 1. The molecule has 4 atom stereocenters. The highest BCUT2D eigenvalue weighted by atomic mass is 19.4. The van der Waals surface area contributed by atoms with E-state index in [-0.39, 0.29) is 41.6 Å². The summed E-state index contributed by atoms with van der Waals surface area (Å²) in [6, 6.07) is 1.33. The summed E-state index contributed by atoms with van der Waals surface area (Å²) in [5, 5.41) is 0. The number of morpholine rings is 1. The zero-order chi connectivity index (χ0) is 32.6. The summed E-state index contributed by atoms with van der Waals surface area (Å²) in [7, 11) is 0. The van der Waals surface area contributed by atoms with Crippen molar-refractivity contribution < 1.29 is 40.6 Å². The molecule has 0 radical (unpaired) electrons. The van der Waals surface area contributed by atoms with Crippen LogP contribution in [0.25, 0.3) is 0 Å². The molecule has 14 heteroatoms. The summed E-state index contributed by atoms with van der Waals surface area (Å²) in [5.41, 5.74) is -3.67. The molecule has 1 amide bonds. The average molecular weight is 642 g/mol. The van der Waals surface area contributed by atoms with Crippen molar-refractivity contribution in [3.05, 3.63) is 47.3 Å². The van der Waals surface area contributed by atoms with Crippen molar-refractivity contribution in [3.63, 3.8) is 0 Å². The number of carbonyl (C=O) groups is 1. The minimum absolute atomic E-state index is 0.133. The Morgan fingerprint density at radius 2 is 1.58 bits per heavy atom. The van der Waals surface area contributed by atoms with Gasteiger partial charge in [-0.3, -0.25) is 0 Å². The first kappa shape index (κ1) is 31.7. The van der Waals surface area contributed by atoms with Gasteiger partial charge in [-0.25, -0.2) is 14.8 Å². The van der Waals surface area contributed by atoms with Crippen LogP contribution in [-0.4, -0.2) is 71.0 Å². The highest BCUT2D eigenvalue weighted by Crippen LogP contribution is 2.69. The Hall–Kier alpha value is -3.29. The smallest absolute Gasteiger partial charge is 0.416 e. The van der Waals surface area contributed by atoms with Gasteiger partial charge in [0.05, 0.1) is 42.4 Å². The summed E-state index contributed by atoms with van der Waals surface area (Å²) in [6.45, 7) is 9.93. The van der Waals surface area contributed by atoms with E-state index in [4.69, 9.17) is 9.47 Å². The highest BCUT2D eigenvalue weighted by Gasteiger charge is 2.74. The van der Waals surface area contributed by atoms with Gasteiger partial charge in [0.15, 0.2) is 0 Å². The molecule has 2 aliphatic heterocycles. The van der Waals surface area contributed by atoms with Gasteiger partial charge in [0.2, 0.25) is 5.95 Å². The van der Waals surface area contributed by atoms with Gasteiger partial charge in [-0.05, 0) is 69.7 Å². The summed E-state index contributed by atoms with van der Waals surface area (Å²) in [5.74, 6) is 0.439. The second-order valence-electron chi connectivity index (χ2n) is 13.9. The van der Waals surface area contributed by atoms with Gasteiger partial charge in [0.1, 0.15) is 5.60 Å². The fourth-order valence-corrected chi connectivity index (χ4v) is 7.09. The van der Waals surface area contributed by atoms with Gasteiger partial charge >= 0.3 is 18.4 Å². The fraction of sp³-hybridized carbons (Fsp3) is 0.645. The second kappa shape index (κ2) is 10.6. The predicted octanol–water partition coefficient (Wildman–Crippen LogP) is 6.54. The molecule has 6 rings (SSSR count). The first-order valence-electron chi connectivity index (χ1n) is 15.1. The fourth-order valence-electron chi connectivity index (χ4n) is 7.09. The second-order valence-corrected chi connectivity index (χ2v) is 13.9. The minimum Gasteiger partial charge on any atom is -0.444 e. The van der Waals surface area contributed by atoms with E-state index in [0.717, 1.165) is 24.2 Å². The number of anilines is 2. The van der Waals surface area contributed by atoms with E-state index in [1.165, 1.54) is 0 Å². The van der Waals surface area contributed by atoms with Crippen LogP contribution in [0.4, 0.5) is 42.8 Å². The van der Waals surface area contributed by atoms with E-state index in [1.807, 2.05) is 4.90 Å². The van der Waals surface area contributed by atoms with Gasteiger partial charge < -0.3 is 24.2 Å². The molecule has 2 saturated heterocycles. The van der Waals surface area contributed by atoms with Crippen molar-refractivity contribution >= 4 is 17.7 Å². The number of nitrogens with zero attached hydrogens (tertiary/aromatic N) is 5. The summed E-state index contributed by atoms with van der Waals surface area (Å²) >= 11 is 0. The molecule has 4 aliphatic rings. The molecule has 246 valence electrons. The largest absolute Gasteiger partial charge is 0.444 e. The Labute approximate surface area is 257 Å². The number of hydrogen-bond donors (Lipinski definition) is 0. The molecule has 0 bridgehead atoms. The third-order valence-electron chi connectivity index (χ3n) is 9.48. The third kappa shape index (κ3) is 6.26. The average Bonchev–Trinajstić information content (AvgIpc) is 3.78. The van der Waals surface area contributed by atoms with Crippen molar-refractivity contribution in [2.75, 3.05) is 42.6 Å². The summed E-state index contributed by atoms with van der Waals surface area (Å²) in [6.07, 6.45) is -5.07. The standard InChI is InChI=1S/C31H37F6N5O3/c1-19-12-29(19)17-28(18-42(29)26(43)45-27(2,3)4)13-24(28)41(25-38-14-23(15-39-25)40-5-7-44-8-6-40)16-20-9-21(30(32,33)34)11-22(10-20)31(35,36)37/h9-11,14-15,19,24H,5-8,12-13,16-18H2,1-4H3/t19-,24?,28?,29+/m0/s1. The van der Waals surface area contributed by atoms with E-state index < -0.39 is 40.6 Å². The normalized spacial score (nSPS) is 28.1. The Bertz CT molecular complexity index is 1410. The number of hydrogen-bond acceptors (Lipinski definition) is 7. The lowest BCUT2D eigenvalue weighted by atomic mass is 9.98. The summed E-state index contributed by atoms with van der Waals surface area (Å²) in [4.78, 5) is 28.0. The molecular weight excluding hydrogens is 604 g/mol. The molecule has 45 heavy (non-hydrogen) atoms. The van der Waals surface area contributed by atoms with Crippen LogP contribution in [0.15, 0.2) is 30.6 Å².